The highest BCUT2D eigenvalue weighted by molar-refractivity contribution is 6.06. The molecular formula is C16H17FN2O. The van der Waals surface area contributed by atoms with Crippen molar-refractivity contribution in [3.8, 4) is 0 Å². The van der Waals surface area contributed by atoms with Gasteiger partial charge in [-0.15, -0.1) is 0 Å². The normalized spacial score (nSPS) is 10.3. The van der Waals surface area contributed by atoms with Crippen molar-refractivity contribution < 1.29 is 9.18 Å². The molecule has 0 heterocycles. The van der Waals surface area contributed by atoms with Crippen LogP contribution in [0.25, 0.3) is 0 Å². The van der Waals surface area contributed by atoms with E-state index < -0.39 is 5.82 Å². The lowest BCUT2D eigenvalue weighted by molar-refractivity contribution is 0.0988. The minimum atomic E-state index is -0.461. The molecule has 20 heavy (non-hydrogen) atoms. The number of carbonyl (C=O) groups is 1. The maximum atomic E-state index is 13.7. The first-order valence-corrected chi connectivity index (χ1v) is 6.47. The second-order valence-corrected chi connectivity index (χ2v) is 4.56. The van der Waals surface area contributed by atoms with Crippen molar-refractivity contribution >= 4 is 17.3 Å². The number of nitrogens with zero attached hydrogens (tertiary/aromatic N) is 1. The molecule has 2 aromatic carbocycles. The number of hydrogen-bond acceptors (Lipinski definition) is 2. The third-order valence-electron chi connectivity index (χ3n) is 3.26. The molecule has 104 valence electrons. The summed E-state index contributed by atoms with van der Waals surface area (Å²) in [6.45, 7) is 3.96. The Bertz CT molecular complexity index is 603. The average molecular weight is 272 g/mol. The van der Waals surface area contributed by atoms with E-state index in [1.165, 1.54) is 12.1 Å². The Balaban J connectivity index is 2.39. The number of hydrogen-bond donors (Lipinski definition) is 1. The van der Waals surface area contributed by atoms with Gasteiger partial charge in [0.15, 0.2) is 0 Å². The van der Waals surface area contributed by atoms with Gasteiger partial charge in [-0.3, -0.25) is 4.79 Å². The molecule has 0 fully saturated rings. The van der Waals surface area contributed by atoms with Crippen molar-refractivity contribution in [3.63, 3.8) is 0 Å². The molecule has 0 atom stereocenters. The van der Waals surface area contributed by atoms with Gasteiger partial charge in [0, 0.05) is 29.0 Å². The van der Waals surface area contributed by atoms with E-state index in [4.69, 9.17) is 5.73 Å². The molecule has 2 N–H and O–H groups in total. The van der Waals surface area contributed by atoms with Gasteiger partial charge < -0.3 is 10.6 Å². The molecule has 0 saturated carbocycles. The first kappa shape index (κ1) is 14.1. The molecule has 0 aliphatic heterocycles. The molecule has 0 bridgehead atoms. The van der Waals surface area contributed by atoms with E-state index in [2.05, 4.69) is 0 Å². The highest BCUT2D eigenvalue weighted by atomic mass is 19.1. The van der Waals surface area contributed by atoms with E-state index in [0.29, 0.717) is 12.1 Å². The van der Waals surface area contributed by atoms with E-state index in [-0.39, 0.29) is 17.2 Å². The zero-order chi connectivity index (χ0) is 14.7. The van der Waals surface area contributed by atoms with Gasteiger partial charge in [0.25, 0.3) is 5.91 Å². The number of benzene rings is 2. The predicted octanol–water partition coefficient (Wildman–Crippen LogP) is 3.38. The summed E-state index contributed by atoms with van der Waals surface area (Å²) in [6.07, 6.45) is 0. The lowest BCUT2D eigenvalue weighted by atomic mass is 10.1. The fourth-order valence-electron chi connectivity index (χ4n) is 2.03. The molecule has 0 spiro atoms. The van der Waals surface area contributed by atoms with Gasteiger partial charge in [0.2, 0.25) is 0 Å². The van der Waals surface area contributed by atoms with Crippen LogP contribution in [0.1, 0.15) is 22.8 Å². The second kappa shape index (κ2) is 5.74. The topological polar surface area (TPSA) is 46.3 Å². The lowest BCUT2D eigenvalue weighted by Gasteiger charge is -2.21. The molecule has 0 aliphatic rings. The summed E-state index contributed by atoms with van der Waals surface area (Å²) < 4.78 is 13.7. The Morgan fingerprint density at radius 1 is 1.25 bits per heavy atom. The minimum absolute atomic E-state index is 0.260. The Hall–Kier alpha value is -2.36. The van der Waals surface area contributed by atoms with Crippen LogP contribution in [0.3, 0.4) is 0 Å². The van der Waals surface area contributed by atoms with Gasteiger partial charge in [0.1, 0.15) is 5.82 Å². The van der Waals surface area contributed by atoms with Crippen LogP contribution in [0.4, 0.5) is 15.8 Å². The van der Waals surface area contributed by atoms with Crippen LogP contribution >= 0.6 is 0 Å². The fraction of sp³-hybridized carbons (Fsp3) is 0.188. The number of nitrogens with two attached hydrogens (primary N) is 1. The van der Waals surface area contributed by atoms with Crippen molar-refractivity contribution in [2.45, 2.75) is 13.8 Å². The van der Waals surface area contributed by atoms with Crippen LogP contribution in [0.2, 0.25) is 0 Å². The third kappa shape index (κ3) is 2.64. The lowest BCUT2D eigenvalue weighted by Crippen LogP contribution is -2.30. The number of nitrogen functional groups attached to an aromatic ring is 1. The zero-order valence-electron chi connectivity index (χ0n) is 11.6. The summed E-state index contributed by atoms with van der Waals surface area (Å²) in [5.41, 5.74) is 7.42. The molecule has 3 nitrogen and oxygen atoms in total. The van der Waals surface area contributed by atoms with Crippen LogP contribution < -0.4 is 10.6 Å². The molecule has 2 aromatic rings. The van der Waals surface area contributed by atoms with E-state index in [1.54, 1.807) is 11.8 Å². The van der Waals surface area contributed by atoms with Crippen LogP contribution in [-0.2, 0) is 0 Å². The Kier molecular flexibility index (Phi) is 4.03. The summed E-state index contributed by atoms with van der Waals surface area (Å²) in [4.78, 5) is 14.1. The van der Waals surface area contributed by atoms with Crippen molar-refractivity contribution in [1.82, 2.24) is 0 Å². The number of carbonyl (C=O) groups excluding carboxylic acids is 1. The molecule has 0 aliphatic carbocycles. The van der Waals surface area contributed by atoms with Crippen molar-refractivity contribution in [3.05, 3.63) is 59.4 Å². The monoisotopic (exact) mass is 272 g/mol. The van der Waals surface area contributed by atoms with Crippen LogP contribution in [0.15, 0.2) is 42.5 Å². The molecule has 4 heteroatoms. The SMILES string of the molecule is CCN(C(=O)c1cc(N)c(C)c(F)c1)c1ccccc1. The average Bonchev–Trinajstić information content (AvgIpc) is 2.46. The number of halogens is 1. The van der Waals surface area contributed by atoms with Crippen molar-refractivity contribution in [2.75, 3.05) is 17.2 Å². The van der Waals surface area contributed by atoms with Gasteiger partial charge in [-0.1, -0.05) is 18.2 Å². The summed E-state index contributed by atoms with van der Waals surface area (Å²) >= 11 is 0. The molecule has 1 amide bonds. The largest absolute Gasteiger partial charge is 0.398 e. The molecule has 0 radical (unpaired) electrons. The Morgan fingerprint density at radius 3 is 2.45 bits per heavy atom. The van der Waals surface area contributed by atoms with Gasteiger partial charge in [-0.05, 0) is 38.1 Å². The predicted molar refractivity (Wildman–Crippen MR) is 79.3 cm³/mol. The number of rotatable bonds is 3. The molecule has 0 saturated heterocycles. The minimum Gasteiger partial charge on any atom is -0.398 e. The van der Waals surface area contributed by atoms with Crippen molar-refractivity contribution in [1.29, 1.82) is 0 Å². The quantitative estimate of drug-likeness (QED) is 0.871. The van der Waals surface area contributed by atoms with Crippen LogP contribution in [0.5, 0.6) is 0 Å². The molecular weight excluding hydrogens is 255 g/mol. The number of amides is 1. The first-order chi connectivity index (χ1) is 9.54. The summed E-state index contributed by atoms with van der Waals surface area (Å²) in [5, 5.41) is 0. The van der Waals surface area contributed by atoms with Crippen LogP contribution in [-0.4, -0.2) is 12.5 Å². The van der Waals surface area contributed by atoms with Gasteiger partial charge >= 0.3 is 0 Å². The van der Waals surface area contributed by atoms with Crippen LogP contribution in [0, 0.1) is 12.7 Å². The summed E-state index contributed by atoms with van der Waals surface area (Å²) in [6, 6.07) is 12.0. The maximum Gasteiger partial charge on any atom is 0.258 e. The van der Waals surface area contributed by atoms with Gasteiger partial charge in [-0.2, -0.15) is 0 Å². The zero-order valence-corrected chi connectivity index (χ0v) is 11.6. The van der Waals surface area contributed by atoms with E-state index in [1.807, 2.05) is 37.3 Å². The summed E-state index contributed by atoms with van der Waals surface area (Å²) in [7, 11) is 0. The second-order valence-electron chi connectivity index (χ2n) is 4.56. The van der Waals surface area contributed by atoms with E-state index >= 15 is 0 Å². The van der Waals surface area contributed by atoms with Crippen molar-refractivity contribution in [2.24, 2.45) is 0 Å². The Labute approximate surface area is 117 Å². The number of para-hydroxylation sites is 1. The van der Waals surface area contributed by atoms with E-state index in [0.717, 1.165) is 5.69 Å². The highest BCUT2D eigenvalue weighted by Gasteiger charge is 2.18. The number of anilines is 2. The maximum absolute atomic E-state index is 13.7. The summed E-state index contributed by atoms with van der Waals surface area (Å²) in [5.74, 6) is -0.721. The molecule has 2 rings (SSSR count). The highest BCUT2D eigenvalue weighted by Crippen LogP contribution is 2.21. The van der Waals surface area contributed by atoms with Gasteiger partial charge in [-0.25, -0.2) is 4.39 Å². The van der Waals surface area contributed by atoms with E-state index in [9.17, 15) is 9.18 Å². The molecule has 0 unspecified atom stereocenters. The Morgan fingerprint density at radius 2 is 1.90 bits per heavy atom. The third-order valence-corrected chi connectivity index (χ3v) is 3.26. The van der Waals surface area contributed by atoms with Gasteiger partial charge in [0.05, 0.1) is 0 Å². The first-order valence-electron chi connectivity index (χ1n) is 6.47. The fourth-order valence-corrected chi connectivity index (χ4v) is 2.03. The standard InChI is InChI=1S/C16H17FN2O/c1-3-19(13-7-5-4-6-8-13)16(20)12-9-14(17)11(2)15(18)10-12/h4-10H,3,18H2,1-2H3. The molecule has 0 aromatic heterocycles. The smallest absolute Gasteiger partial charge is 0.258 e.